The molecule has 43 heavy (non-hydrogen) atoms. The number of halogens is 1. The van der Waals surface area contributed by atoms with Crippen molar-refractivity contribution in [1.82, 2.24) is 19.5 Å². The van der Waals surface area contributed by atoms with Crippen molar-refractivity contribution in [3.05, 3.63) is 75.0 Å². The van der Waals surface area contributed by atoms with Gasteiger partial charge in [-0.1, -0.05) is 0 Å². The van der Waals surface area contributed by atoms with E-state index in [4.69, 9.17) is 11.6 Å². The van der Waals surface area contributed by atoms with Gasteiger partial charge in [0.15, 0.2) is 5.65 Å². The van der Waals surface area contributed by atoms with Crippen molar-refractivity contribution < 1.29 is 14.3 Å². The standard InChI is InChI=1S/C31H29FN8O3/c1-33-22-9-21(32)27(34-2)25-17(22)8-23-26(25)28(39-6-5-15-12-38(4)14-24(15)39)19(11-36-23)16-7-18-29(41)20(31(42)43)13-40(35-3)30(18)37-10-16/h7,9-11,13,15,24,33,35H,5-6,8,12,14H2,1,3-4H3,(H,42,43)/t15-,24?/m0/s1. The average Bonchev–Trinajstić information content (AvgIpc) is 3.68. The molecular weight excluding hydrogens is 551 g/mol. The van der Waals surface area contributed by atoms with Gasteiger partial charge in [0.05, 0.1) is 23.3 Å². The van der Waals surface area contributed by atoms with E-state index in [2.05, 4.69) is 37.4 Å². The van der Waals surface area contributed by atoms with Crippen LogP contribution in [0.1, 0.15) is 28.0 Å². The smallest absolute Gasteiger partial charge is 0.341 e. The molecule has 0 spiro atoms. The SMILES string of the molecule is [C-]#[N+]c1c(F)cc(NC)c2c1-c1c(ncc(-c3cnc4c(c3)c(=O)c(C(=O)O)cn4NC)c1N1CC[C@H]3CN(C)CC31)C2. The molecule has 1 aromatic carbocycles. The summed E-state index contributed by atoms with van der Waals surface area (Å²) in [6, 6.07) is 3.24. The molecule has 12 heteroatoms. The van der Waals surface area contributed by atoms with Gasteiger partial charge >= 0.3 is 5.97 Å². The summed E-state index contributed by atoms with van der Waals surface area (Å²) in [5.41, 5.74) is 7.71. The van der Waals surface area contributed by atoms with Gasteiger partial charge in [-0.05, 0) is 37.1 Å². The average molecular weight is 581 g/mol. The molecule has 1 aliphatic carbocycles. The first kappa shape index (κ1) is 26.9. The fraction of sp³-hybridized carbons (Fsp3) is 0.323. The molecule has 2 atom stereocenters. The molecule has 11 nitrogen and oxygen atoms in total. The number of aromatic carboxylic acids is 1. The Hall–Kier alpha value is -5.02. The third-order valence-corrected chi connectivity index (χ3v) is 9.11. The van der Waals surface area contributed by atoms with Gasteiger partial charge < -0.3 is 25.6 Å². The van der Waals surface area contributed by atoms with Crippen LogP contribution in [0.2, 0.25) is 0 Å². The highest BCUT2D eigenvalue weighted by Gasteiger charge is 2.43. The minimum atomic E-state index is -1.33. The fourth-order valence-electron chi connectivity index (χ4n) is 7.21. The summed E-state index contributed by atoms with van der Waals surface area (Å²) in [6.45, 7) is 10.5. The minimum absolute atomic E-state index is 0.0353. The summed E-state index contributed by atoms with van der Waals surface area (Å²) in [4.78, 5) is 42.9. The zero-order chi connectivity index (χ0) is 30.2. The number of pyridine rings is 3. The molecule has 218 valence electrons. The molecule has 0 saturated carbocycles. The third-order valence-electron chi connectivity index (χ3n) is 9.11. The van der Waals surface area contributed by atoms with Crippen LogP contribution in [-0.4, -0.2) is 77.4 Å². The first-order valence-corrected chi connectivity index (χ1v) is 14.1. The van der Waals surface area contributed by atoms with E-state index >= 15 is 4.39 Å². The highest BCUT2D eigenvalue weighted by Crippen LogP contribution is 2.54. The molecule has 5 heterocycles. The van der Waals surface area contributed by atoms with Gasteiger partial charge in [-0.2, -0.15) is 0 Å². The lowest BCUT2D eigenvalue weighted by Crippen LogP contribution is -2.35. The van der Waals surface area contributed by atoms with Crippen LogP contribution < -0.4 is 21.1 Å². The Bertz CT molecular complexity index is 1970. The van der Waals surface area contributed by atoms with Crippen molar-refractivity contribution in [2.45, 2.75) is 18.9 Å². The van der Waals surface area contributed by atoms with Crippen molar-refractivity contribution in [3.63, 3.8) is 0 Å². The van der Waals surface area contributed by atoms with Gasteiger partial charge in [-0.25, -0.2) is 23.7 Å². The lowest BCUT2D eigenvalue weighted by molar-refractivity contribution is 0.0695. The predicted molar refractivity (Wildman–Crippen MR) is 162 cm³/mol. The molecular formula is C31H29FN8O3. The Morgan fingerprint density at radius 1 is 1.19 bits per heavy atom. The molecule has 3 N–H and O–H groups in total. The summed E-state index contributed by atoms with van der Waals surface area (Å²) >= 11 is 0. The minimum Gasteiger partial charge on any atom is -0.477 e. The van der Waals surface area contributed by atoms with Crippen LogP contribution in [0.3, 0.4) is 0 Å². The maximum atomic E-state index is 15.4. The van der Waals surface area contributed by atoms with Crippen molar-refractivity contribution in [2.24, 2.45) is 5.92 Å². The zero-order valence-corrected chi connectivity index (χ0v) is 23.9. The van der Waals surface area contributed by atoms with Crippen molar-refractivity contribution in [2.75, 3.05) is 56.4 Å². The molecule has 4 aromatic rings. The summed E-state index contributed by atoms with van der Waals surface area (Å²) in [7, 11) is 5.45. The Morgan fingerprint density at radius 2 is 2.00 bits per heavy atom. The molecule has 2 saturated heterocycles. The highest BCUT2D eigenvalue weighted by atomic mass is 19.1. The monoisotopic (exact) mass is 580 g/mol. The van der Waals surface area contributed by atoms with E-state index in [1.54, 1.807) is 32.6 Å². The van der Waals surface area contributed by atoms with E-state index in [1.807, 2.05) is 0 Å². The third kappa shape index (κ3) is 3.88. The summed E-state index contributed by atoms with van der Waals surface area (Å²) in [5, 5.41) is 12.9. The van der Waals surface area contributed by atoms with E-state index in [-0.39, 0.29) is 28.3 Å². The number of anilines is 2. The number of nitrogens with zero attached hydrogens (tertiary/aromatic N) is 6. The molecule has 7 rings (SSSR count). The maximum Gasteiger partial charge on any atom is 0.341 e. The number of carbonyl (C=O) groups is 1. The second kappa shape index (κ2) is 9.78. The second-order valence-corrected chi connectivity index (χ2v) is 11.4. The summed E-state index contributed by atoms with van der Waals surface area (Å²) in [6.07, 6.45) is 6.07. The van der Waals surface area contributed by atoms with Gasteiger partial charge in [0.2, 0.25) is 11.1 Å². The summed E-state index contributed by atoms with van der Waals surface area (Å²) in [5.74, 6) is -1.47. The number of fused-ring (bicyclic) bond motifs is 5. The Labute approximate surface area is 246 Å². The number of nitrogens with one attached hydrogen (secondary N) is 2. The normalized spacial score (nSPS) is 18.8. The number of likely N-dealkylation sites (N-methyl/N-ethyl adjacent to an activating group) is 1. The van der Waals surface area contributed by atoms with Crippen molar-refractivity contribution >= 4 is 34.1 Å². The van der Waals surface area contributed by atoms with Gasteiger partial charge in [0, 0.05) is 92.7 Å². The van der Waals surface area contributed by atoms with Gasteiger partial charge in [-0.3, -0.25) is 9.78 Å². The topological polar surface area (TPSA) is 120 Å². The van der Waals surface area contributed by atoms with E-state index in [9.17, 15) is 14.7 Å². The quantitative estimate of drug-likeness (QED) is 0.267. The van der Waals surface area contributed by atoms with Crippen LogP contribution in [0.15, 0.2) is 35.5 Å². The number of hydrogen-bond acceptors (Lipinski definition) is 8. The molecule has 3 aliphatic rings. The van der Waals surface area contributed by atoms with Crippen molar-refractivity contribution in [1.29, 1.82) is 0 Å². The van der Waals surface area contributed by atoms with Crippen LogP contribution >= 0.6 is 0 Å². The van der Waals surface area contributed by atoms with Crippen LogP contribution in [0.5, 0.6) is 0 Å². The molecule has 0 amide bonds. The Balaban J connectivity index is 1.54. The van der Waals surface area contributed by atoms with Gasteiger partial charge in [0.1, 0.15) is 11.4 Å². The fourth-order valence-corrected chi connectivity index (χ4v) is 7.21. The maximum absolute atomic E-state index is 15.4. The van der Waals surface area contributed by atoms with E-state index in [0.717, 1.165) is 48.6 Å². The lowest BCUT2D eigenvalue weighted by Gasteiger charge is -2.31. The molecule has 0 radical (unpaired) electrons. The number of rotatable bonds is 5. The number of benzene rings is 1. The van der Waals surface area contributed by atoms with E-state index in [1.165, 1.54) is 16.9 Å². The number of carboxylic acids is 1. The number of likely N-dealkylation sites (tertiary alicyclic amines) is 1. The Kier molecular flexibility index (Phi) is 6.10. The van der Waals surface area contributed by atoms with Gasteiger partial charge in [-0.15, -0.1) is 0 Å². The Morgan fingerprint density at radius 3 is 2.72 bits per heavy atom. The molecule has 3 aromatic heterocycles. The van der Waals surface area contributed by atoms with Crippen LogP contribution in [-0.2, 0) is 6.42 Å². The van der Waals surface area contributed by atoms with Crippen LogP contribution in [0.4, 0.5) is 21.5 Å². The summed E-state index contributed by atoms with van der Waals surface area (Å²) < 4.78 is 16.8. The van der Waals surface area contributed by atoms with Crippen molar-refractivity contribution in [3.8, 4) is 22.3 Å². The van der Waals surface area contributed by atoms with Crippen LogP contribution in [0, 0.1) is 18.3 Å². The largest absolute Gasteiger partial charge is 0.477 e. The molecule has 0 bridgehead atoms. The first-order chi connectivity index (χ1) is 20.7. The first-order valence-electron chi connectivity index (χ1n) is 14.1. The highest BCUT2D eigenvalue weighted by molar-refractivity contribution is 6.02. The van der Waals surface area contributed by atoms with Gasteiger partial charge in [0.25, 0.3) is 0 Å². The van der Waals surface area contributed by atoms with E-state index < -0.39 is 17.2 Å². The number of aromatic nitrogens is 3. The van der Waals surface area contributed by atoms with Crippen LogP contribution in [0.25, 0.3) is 38.1 Å². The molecule has 1 unspecified atom stereocenters. The molecule has 2 aliphatic heterocycles. The van der Waals surface area contributed by atoms with E-state index in [0.29, 0.717) is 34.7 Å². The number of carboxylic acid groups (broad SMARTS) is 1. The zero-order valence-electron chi connectivity index (χ0n) is 23.9. The molecule has 2 fully saturated rings. The predicted octanol–water partition coefficient (Wildman–Crippen LogP) is 3.77. The lowest BCUT2D eigenvalue weighted by atomic mass is 9.95. The second-order valence-electron chi connectivity index (χ2n) is 11.4. The number of hydrogen-bond donors (Lipinski definition) is 3.